The van der Waals surface area contributed by atoms with Crippen molar-refractivity contribution >= 4 is 45.7 Å². The number of hydrogen-bond acceptors (Lipinski definition) is 5. The van der Waals surface area contributed by atoms with Gasteiger partial charge in [-0.1, -0.05) is 24.2 Å². The van der Waals surface area contributed by atoms with Gasteiger partial charge in [0.05, 0.1) is 34.7 Å². The van der Waals surface area contributed by atoms with Crippen molar-refractivity contribution in [2.75, 3.05) is 29.9 Å². The van der Waals surface area contributed by atoms with Crippen molar-refractivity contribution in [2.24, 2.45) is 0 Å². The van der Waals surface area contributed by atoms with Crippen LogP contribution in [0.1, 0.15) is 6.92 Å². The van der Waals surface area contributed by atoms with E-state index < -0.39 is 23.4 Å². The maximum atomic E-state index is 15.8. The zero-order valence-corrected chi connectivity index (χ0v) is 19.7. The number of aromatic hydroxyl groups is 1. The van der Waals surface area contributed by atoms with E-state index in [9.17, 15) is 19.1 Å². The Morgan fingerprint density at radius 3 is 2.71 bits per heavy atom. The van der Waals surface area contributed by atoms with Crippen LogP contribution in [0.15, 0.2) is 43.1 Å². The molecule has 0 saturated carbocycles. The van der Waals surface area contributed by atoms with Gasteiger partial charge >= 0.3 is 0 Å². The Balaban J connectivity index is 1.74. The number of carbonyl (C=O) groups is 2. The molecule has 1 aromatic heterocycles. The number of anilines is 2. The van der Waals surface area contributed by atoms with E-state index >= 15 is 4.39 Å². The maximum absolute atomic E-state index is 15.8. The topological polar surface area (TPSA) is 77.0 Å². The normalized spacial score (nSPS) is 19.6. The molecule has 0 radical (unpaired) electrons. The molecule has 2 aliphatic heterocycles. The first-order chi connectivity index (χ1) is 16.6. The number of piperazine rings is 1. The van der Waals surface area contributed by atoms with Crippen molar-refractivity contribution in [1.29, 1.82) is 0 Å². The number of halogens is 3. The third-order valence-corrected chi connectivity index (χ3v) is 7.01. The Morgan fingerprint density at radius 2 is 2.03 bits per heavy atom. The molecule has 1 N–H and O–H groups in total. The van der Waals surface area contributed by atoms with Crippen molar-refractivity contribution in [3.63, 3.8) is 0 Å². The molecule has 35 heavy (non-hydrogen) atoms. The first-order valence-corrected chi connectivity index (χ1v) is 11.3. The molecule has 2 aromatic carbocycles. The lowest BCUT2D eigenvalue weighted by Gasteiger charge is -2.50. The smallest absolute Gasteiger partial charge is 0.251 e. The van der Waals surface area contributed by atoms with Crippen LogP contribution in [-0.2, 0) is 9.59 Å². The largest absolute Gasteiger partial charge is 0.507 e. The fraction of sp³-hybridized carbons (Fsp3) is 0.240. The number of hydrogen-bond donors (Lipinski definition) is 1. The highest BCUT2D eigenvalue weighted by atomic mass is 35.5. The van der Waals surface area contributed by atoms with E-state index in [-0.39, 0.29) is 46.1 Å². The number of fused-ring (bicyclic) bond motifs is 5. The third-order valence-electron chi connectivity index (χ3n) is 6.71. The van der Waals surface area contributed by atoms with Crippen molar-refractivity contribution in [3.8, 4) is 16.9 Å². The fourth-order valence-corrected chi connectivity index (χ4v) is 5.26. The molecule has 3 heterocycles. The molecule has 1 fully saturated rings. The van der Waals surface area contributed by atoms with Crippen LogP contribution in [0.3, 0.4) is 0 Å². The summed E-state index contributed by atoms with van der Waals surface area (Å²) in [5.41, 5.74) is 0.279. The van der Waals surface area contributed by atoms with E-state index in [1.54, 1.807) is 11.9 Å². The van der Waals surface area contributed by atoms with Crippen LogP contribution in [0.2, 0.25) is 5.02 Å². The van der Waals surface area contributed by atoms with Gasteiger partial charge < -0.3 is 19.8 Å². The van der Waals surface area contributed by atoms with Gasteiger partial charge in [0.15, 0.2) is 5.82 Å². The molecule has 0 bridgehead atoms. The van der Waals surface area contributed by atoms with Gasteiger partial charge in [0.2, 0.25) is 5.91 Å². The highest BCUT2D eigenvalue weighted by molar-refractivity contribution is 6.34. The number of carbonyl (C=O) groups excluding carboxylic acids is 2. The molecular weight excluding hydrogens is 478 g/mol. The molecule has 2 amide bonds. The first-order valence-electron chi connectivity index (χ1n) is 10.9. The standard InChI is InChI=1S/C25H21ClF2N4O3/c1-4-19(34)31-11-17-25(35)30(3)16-9-29-23-13(24(16)32(17)10-12(31)2)8-14(26)20(22(23)28)21-15(27)6-5-7-18(21)33/h4-9,12,17,33H,1,10-11H2,2-3H3/t12-,17-/m1/s1. The van der Waals surface area contributed by atoms with E-state index in [0.717, 1.165) is 6.07 Å². The van der Waals surface area contributed by atoms with Crippen molar-refractivity contribution in [1.82, 2.24) is 9.88 Å². The molecule has 10 heteroatoms. The van der Waals surface area contributed by atoms with E-state index in [4.69, 9.17) is 11.6 Å². The number of aromatic nitrogens is 1. The van der Waals surface area contributed by atoms with Gasteiger partial charge in [-0.3, -0.25) is 14.6 Å². The minimum absolute atomic E-state index is 0.0791. The van der Waals surface area contributed by atoms with Crippen molar-refractivity contribution in [3.05, 3.63) is 59.8 Å². The van der Waals surface area contributed by atoms with Gasteiger partial charge in [-0.25, -0.2) is 8.78 Å². The summed E-state index contributed by atoms with van der Waals surface area (Å²) in [7, 11) is 1.59. The molecule has 3 aromatic rings. The Kier molecular flexibility index (Phi) is 5.40. The van der Waals surface area contributed by atoms with Crippen LogP contribution in [-0.4, -0.2) is 59.0 Å². The molecule has 180 valence electrons. The fourth-order valence-electron chi connectivity index (χ4n) is 4.98. The quantitative estimate of drug-likeness (QED) is 0.538. The molecule has 0 aliphatic carbocycles. The van der Waals surface area contributed by atoms with E-state index in [1.807, 2.05) is 11.8 Å². The highest BCUT2D eigenvalue weighted by Gasteiger charge is 2.44. The van der Waals surface area contributed by atoms with Crippen LogP contribution in [0.4, 0.5) is 20.2 Å². The summed E-state index contributed by atoms with van der Waals surface area (Å²) in [5, 5.41) is 10.4. The van der Waals surface area contributed by atoms with Gasteiger partial charge in [0, 0.05) is 30.6 Å². The number of pyridine rings is 1. The molecular formula is C25H21ClF2N4O3. The lowest BCUT2D eigenvalue weighted by atomic mass is 9.96. The molecule has 0 unspecified atom stereocenters. The molecule has 2 atom stereocenters. The molecule has 5 rings (SSSR count). The highest BCUT2D eigenvalue weighted by Crippen LogP contribution is 2.47. The van der Waals surface area contributed by atoms with E-state index in [0.29, 0.717) is 23.3 Å². The number of rotatable bonds is 2. The average molecular weight is 499 g/mol. The Morgan fingerprint density at radius 1 is 1.29 bits per heavy atom. The summed E-state index contributed by atoms with van der Waals surface area (Å²) in [6.45, 7) is 5.84. The molecule has 2 aliphatic rings. The maximum Gasteiger partial charge on any atom is 0.251 e. The van der Waals surface area contributed by atoms with Crippen LogP contribution >= 0.6 is 11.6 Å². The lowest BCUT2D eigenvalue weighted by molar-refractivity contribution is -0.130. The second kappa shape index (κ2) is 8.20. The monoisotopic (exact) mass is 498 g/mol. The Labute approximate surface area is 204 Å². The molecule has 1 saturated heterocycles. The third kappa shape index (κ3) is 3.33. The van der Waals surface area contributed by atoms with Crippen LogP contribution in [0, 0.1) is 11.6 Å². The van der Waals surface area contributed by atoms with Crippen molar-refractivity contribution in [2.45, 2.75) is 19.0 Å². The summed E-state index contributed by atoms with van der Waals surface area (Å²) in [6.07, 6.45) is 2.60. The van der Waals surface area contributed by atoms with Gasteiger partial charge in [-0.05, 0) is 31.2 Å². The Hall–Kier alpha value is -3.72. The van der Waals surface area contributed by atoms with Crippen molar-refractivity contribution < 1.29 is 23.5 Å². The minimum atomic E-state index is -0.889. The number of phenolic OH excluding ortho intramolecular Hbond substituents is 1. The minimum Gasteiger partial charge on any atom is -0.507 e. The SMILES string of the molecule is C=CC(=O)N1C[C@@H]2C(=O)N(C)c3cnc4c(F)c(-c5c(O)cccc5F)c(Cl)cc4c3N2C[C@H]1C. The average Bonchev–Trinajstić information content (AvgIpc) is 2.83. The second-order valence-electron chi connectivity index (χ2n) is 8.68. The number of benzene rings is 2. The van der Waals surface area contributed by atoms with E-state index in [1.165, 1.54) is 35.4 Å². The summed E-state index contributed by atoms with van der Waals surface area (Å²) in [4.78, 5) is 34.6. The van der Waals surface area contributed by atoms with Gasteiger partial charge in [-0.2, -0.15) is 0 Å². The van der Waals surface area contributed by atoms with Gasteiger partial charge in [-0.15, -0.1) is 0 Å². The lowest BCUT2D eigenvalue weighted by Crippen LogP contribution is -2.65. The zero-order valence-electron chi connectivity index (χ0n) is 18.9. The molecule has 0 spiro atoms. The predicted molar refractivity (Wildman–Crippen MR) is 130 cm³/mol. The number of nitrogens with zero attached hydrogens (tertiary/aromatic N) is 4. The van der Waals surface area contributed by atoms with Crippen LogP contribution in [0.5, 0.6) is 5.75 Å². The summed E-state index contributed by atoms with van der Waals surface area (Å²) < 4.78 is 30.4. The predicted octanol–water partition coefficient (Wildman–Crippen LogP) is 4.11. The number of phenols is 1. The molecule has 7 nitrogen and oxygen atoms in total. The summed E-state index contributed by atoms with van der Waals surface area (Å²) in [5.74, 6) is -2.68. The van der Waals surface area contributed by atoms with E-state index in [2.05, 4.69) is 11.6 Å². The van der Waals surface area contributed by atoms with Crippen LogP contribution in [0.25, 0.3) is 22.0 Å². The summed E-state index contributed by atoms with van der Waals surface area (Å²) >= 11 is 6.47. The second-order valence-corrected chi connectivity index (χ2v) is 9.09. The van der Waals surface area contributed by atoms with Gasteiger partial charge in [0.1, 0.15) is 23.1 Å². The number of amides is 2. The zero-order chi connectivity index (χ0) is 25.2. The van der Waals surface area contributed by atoms with Crippen LogP contribution < -0.4 is 9.80 Å². The number of likely N-dealkylation sites (N-methyl/N-ethyl adjacent to an activating group) is 1. The van der Waals surface area contributed by atoms with Gasteiger partial charge in [0.25, 0.3) is 5.91 Å². The first kappa shape index (κ1) is 23.0. The Bertz CT molecular complexity index is 1410. The summed E-state index contributed by atoms with van der Waals surface area (Å²) in [6, 6.07) is 4.18.